The first-order valence-electron chi connectivity index (χ1n) is 7.70. The summed E-state index contributed by atoms with van der Waals surface area (Å²) in [6, 6.07) is 5.13. The van der Waals surface area contributed by atoms with E-state index in [4.69, 9.17) is 16.9 Å². The number of nitriles is 1. The molecular formula is C17H11ClF3N3OS. The normalized spacial score (nSPS) is 23.8. The third kappa shape index (κ3) is 2.66. The molecule has 0 amide bonds. The number of halogens is 4. The molecule has 0 saturated carbocycles. The smallest absolute Gasteiger partial charge is 0.387 e. The summed E-state index contributed by atoms with van der Waals surface area (Å²) in [7, 11) is 0. The molecule has 26 heavy (non-hydrogen) atoms. The quantitative estimate of drug-likeness (QED) is 0.740. The van der Waals surface area contributed by atoms with Gasteiger partial charge >= 0.3 is 6.61 Å². The van der Waals surface area contributed by atoms with E-state index < -0.39 is 18.0 Å². The van der Waals surface area contributed by atoms with Gasteiger partial charge in [0, 0.05) is 18.0 Å². The third-order valence-electron chi connectivity index (χ3n) is 4.48. The molecule has 3 aliphatic heterocycles. The van der Waals surface area contributed by atoms with Gasteiger partial charge < -0.3 is 9.64 Å². The molecule has 0 unspecified atom stereocenters. The molecule has 4 rings (SSSR count). The molecule has 0 N–H and O–H groups in total. The van der Waals surface area contributed by atoms with E-state index in [-0.39, 0.29) is 22.2 Å². The van der Waals surface area contributed by atoms with Crippen molar-refractivity contribution in [3.05, 3.63) is 52.1 Å². The summed E-state index contributed by atoms with van der Waals surface area (Å²) in [4.78, 5) is 6.70. The number of allylic oxidation sites excluding steroid dienone is 2. The summed E-state index contributed by atoms with van der Waals surface area (Å²) >= 11 is 7.25. The van der Waals surface area contributed by atoms with E-state index in [0.29, 0.717) is 29.2 Å². The molecule has 9 heteroatoms. The number of fused-ring (bicyclic) bond motifs is 3. The Morgan fingerprint density at radius 2 is 2.23 bits per heavy atom. The Labute approximate surface area is 156 Å². The zero-order valence-electron chi connectivity index (χ0n) is 13.2. The Bertz CT molecular complexity index is 925. The van der Waals surface area contributed by atoms with Crippen LogP contribution in [-0.4, -0.2) is 29.6 Å². The number of thioether (sulfide) groups is 1. The first-order chi connectivity index (χ1) is 12.4. The Balaban J connectivity index is 1.83. The fourth-order valence-corrected chi connectivity index (χ4v) is 4.90. The average molecular weight is 398 g/mol. The number of nitrogens with zero attached hydrogens (tertiary/aromatic N) is 3. The van der Waals surface area contributed by atoms with Crippen molar-refractivity contribution in [2.45, 2.75) is 23.5 Å². The van der Waals surface area contributed by atoms with Gasteiger partial charge in [-0.05, 0) is 18.1 Å². The Kier molecular flexibility index (Phi) is 4.16. The van der Waals surface area contributed by atoms with Crippen molar-refractivity contribution in [2.24, 2.45) is 4.99 Å². The maximum absolute atomic E-state index is 14.5. The molecule has 0 radical (unpaired) electrons. The molecular weight excluding hydrogens is 387 g/mol. The zero-order valence-corrected chi connectivity index (χ0v) is 14.8. The molecule has 0 bridgehead atoms. The van der Waals surface area contributed by atoms with Crippen molar-refractivity contribution in [2.75, 3.05) is 12.3 Å². The highest BCUT2D eigenvalue weighted by molar-refractivity contribution is 7.99. The second-order valence-corrected chi connectivity index (χ2v) is 7.53. The minimum absolute atomic E-state index is 0.0324. The highest BCUT2D eigenvalue weighted by Gasteiger charge is 2.46. The van der Waals surface area contributed by atoms with Crippen LogP contribution in [0.3, 0.4) is 0 Å². The SMILES string of the molecule is N#CC1=CN2C[C@@]3(CCSc4c3ccc(Cl)c4F)N=C2C(OC(F)F)=C1. The average Bonchev–Trinajstić information content (AvgIpc) is 2.97. The molecule has 3 heterocycles. The lowest BCUT2D eigenvalue weighted by atomic mass is 9.87. The number of alkyl halides is 2. The number of rotatable bonds is 2. The van der Waals surface area contributed by atoms with Gasteiger partial charge in [0.25, 0.3) is 0 Å². The first-order valence-corrected chi connectivity index (χ1v) is 9.06. The first kappa shape index (κ1) is 17.3. The molecule has 0 saturated heterocycles. The summed E-state index contributed by atoms with van der Waals surface area (Å²) in [5.41, 5.74) is 0.0537. The molecule has 1 aromatic carbocycles. The van der Waals surface area contributed by atoms with Crippen LogP contribution in [0.25, 0.3) is 0 Å². The summed E-state index contributed by atoms with van der Waals surface area (Å²) < 4.78 is 44.6. The molecule has 4 nitrogen and oxygen atoms in total. The Hall–Kier alpha value is -2.11. The number of benzene rings is 1. The van der Waals surface area contributed by atoms with Crippen molar-refractivity contribution in [1.29, 1.82) is 5.26 Å². The molecule has 3 aliphatic rings. The lowest BCUT2D eigenvalue weighted by Crippen LogP contribution is -2.35. The summed E-state index contributed by atoms with van der Waals surface area (Å²) in [6.45, 7) is -2.72. The lowest BCUT2D eigenvalue weighted by Gasteiger charge is -2.33. The second-order valence-electron chi connectivity index (χ2n) is 6.01. The maximum Gasteiger partial charge on any atom is 0.387 e. The molecule has 0 aromatic heterocycles. The number of aliphatic imine (C=N–C) groups is 1. The van der Waals surface area contributed by atoms with Crippen molar-refractivity contribution < 1.29 is 17.9 Å². The monoisotopic (exact) mass is 397 g/mol. The zero-order chi connectivity index (χ0) is 18.5. The van der Waals surface area contributed by atoms with Gasteiger partial charge in [-0.3, -0.25) is 4.99 Å². The van der Waals surface area contributed by atoms with Crippen molar-refractivity contribution >= 4 is 29.2 Å². The van der Waals surface area contributed by atoms with Crippen molar-refractivity contribution in [3.63, 3.8) is 0 Å². The van der Waals surface area contributed by atoms with E-state index in [1.165, 1.54) is 23.9 Å². The fourth-order valence-electron chi connectivity index (χ4n) is 3.39. The van der Waals surface area contributed by atoms with Gasteiger partial charge in [0.1, 0.15) is 11.6 Å². The van der Waals surface area contributed by atoms with Gasteiger partial charge in [-0.25, -0.2) is 4.39 Å². The van der Waals surface area contributed by atoms with Gasteiger partial charge in [-0.15, -0.1) is 11.8 Å². The van der Waals surface area contributed by atoms with Crippen LogP contribution in [0.1, 0.15) is 12.0 Å². The van der Waals surface area contributed by atoms with Crippen LogP contribution in [0.2, 0.25) is 5.02 Å². The predicted molar refractivity (Wildman–Crippen MR) is 91.4 cm³/mol. The number of hydrogen-bond acceptors (Lipinski definition) is 5. The lowest BCUT2D eigenvalue weighted by molar-refractivity contribution is -0.0906. The highest BCUT2D eigenvalue weighted by Crippen LogP contribution is 2.48. The van der Waals surface area contributed by atoms with Gasteiger partial charge in [0.2, 0.25) is 0 Å². The number of hydrogen-bond donors (Lipinski definition) is 0. The number of ether oxygens (including phenoxy) is 1. The highest BCUT2D eigenvalue weighted by atomic mass is 35.5. The van der Waals surface area contributed by atoms with E-state index in [1.54, 1.807) is 17.2 Å². The van der Waals surface area contributed by atoms with Crippen LogP contribution in [0.5, 0.6) is 0 Å². The van der Waals surface area contributed by atoms with Crippen molar-refractivity contribution in [3.8, 4) is 6.07 Å². The van der Waals surface area contributed by atoms with Crippen LogP contribution in [0.4, 0.5) is 13.2 Å². The third-order valence-corrected chi connectivity index (χ3v) is 5.87. The second kappa shape index (κ2) is 6.25. The fraction of sp³-hybridized carbons (Fsp3) is 0.294. The molecule has 134 valence electrons. The van der Waals surface area contributed by atoms with Crippen LogP contribution < -0.4 is 0 Å². The van der Waals surface area contributed by atoms with Crippen LogP contribution in [0, 0.1) is 17.1 Å². The minimum Gasteiger partial charge on any atom is -0.431 e. The molecule has 0 fully saturated rings. The topological polar surface area (TPSA) is 48.6 Å². The standard InChI is InChI=1S/C17H11ClF3N3OS/c18-11-2-1-10-14(13(11)19)26-4-3-17(10)8-24-7-9(6-22)5-12(15(24)23-17)25-16(20)21/h1-2,5,7,16H,3-4,8H2/t17-/m1/s1. The molecule has 1 atom stereocenters. The van der Waals surface area contributed by atoms with Gasteiger partial charge in [-0.2, -0.15) is 14.0 Å². The van der Waals surface area contributed by atoms with E-state index in [2.05, 4.69) is 9.73 Å². The van der Waals surface area contributed by atoms with Gasteiger partial charge in [0.05, 0.1) is 22.0 Å². The summed E-state index contributed by atoms with van der Waals surface area (Å²) in [5.74, 6) is 0.173. The van der Waals surface area contributed by atoms with E-state index >= 15 is 0 Å². The maximum atomic E-state index is 14.5. The molecule has 0 aliphatic carbocycles. The van der Waals surface area contributed by atoms with E-state index in [1.807, 2.05) is 6.07 Å². The van der Waals surface area contributed by atoms with Gasteiger partial charge in [-0.1, -0.05) is 17.7 Å². The molecule has 1 aromatic rings. The van der Waals surface area contributed by atoms with Crippen LogP contribution in [-0.2, 0) is 10.3 Å². The Morgan fingerprint density at radius 3 is 2.96 bits per heavy atom. The van der Waals surface area contributed by atoms with Crippen LogP contribution >= 0.6 is 23.4 Å². The minimum atomic E-state index is -3.04. The predicted octanol–water partition coefficient (Wildman–Crippen LogP) is 4.43. The Morgan fingerprint density at radius 1 is 1.42 bits per heavy atom. The molecule has 1 spiro atoms. The van der Waals surface area contributed by atoms with E-state index in [9.17, 15) is 13.2 Å². The van der Waals surface area contributed by atoms with E-state index in [0.717, 1.165) is 0 Å². The van der Waals surface area contributed by atoms with Crippen LogP contribution in [0.15, 0.2) is 45.6 Å². The summed E-state index contributed by atoms with van der Waals surface area (Å²) in [5, 5.41) is 9.18. The number of amidine groups is 1. The van der Waals surface area contributed by atoms with Gasteiger partial charge in [0.15, 0.2) is 17.4 Å². The summed E-state index contributed by atoms with van der Waals surface area (Å²) in [6.07, 6.45) is 3.38. The van der Waals surface area contributed by atoms with Crippen molar-refractivity contribution in [1.82, 2.24) is 4.90 Å². The largest absolute Gasteiger partial charge is 0.431 e.